The van der Waals surface area contributed by atoms with E-state index >= 15 is 0 Å². The van der Waals surface area contributed by atoms with Gasteiger partial charge in [-0.1, -0.05) is 13.3 Å². The van der Waals surface area contributed by atoms with Crippen molar-refractivity contribution < 1.29 is 0 Å². The first-order valence-electron chi connectivity index (χ1n) is 4.01. The van der Waals surface area contributed by atoms with E-state index in [0.29, 0.717) is 0 Å². The Morgan fingerprint density at radius 1 is 1.45 bits per heavy atom. The predicted molar refractivity (Wildman–Crippen MR) is 53.8 cm³/mol. The first-order valence-corrected chi connectivity index (χ1v) is 4.42. The molecule has 11 heavy (non-hydrogen) atoms. The summed E-state index contributed by atoms with van der Waals surface area (Å²) in [6.07, 6.45) is 2.31. The summed E-state index contributed by atoms with van der Waals surface area (Å²) in [5.74, 6) is 0. The maximum Gasteiger partial charge on any atom is 0.166 e. The molecular formula is C8H18N2S. The van der Waals surface area contributed by atoms with Crippen molar-refractivity contribution in [2.75, 3.05) is 7.05 Å². The normalized spacial score (nSPS) is 10.9. The fourth-order valence-electron chi connectivity index (χ4n) is 1.06. The molecule has 0 aliphatic rings. The van der Waals surface area contributed by atoms with Crippen LogP contribution in [0.4, 0.5) is 0 Å². The molecule has 0 heterocycles. The monoisotopic (exact) mass is 174 g/mol. The van der Waals surface area contributed by atoms with Crippen LogP contribution in [0.15, 0.2) is 0 Å². The highest BCUT2D eigenvalue weighted by Crippen LogP contribution is 2.09. The lowest BCUT2D eigenvalue weighted by molar-refractivity contribution is 0.419. The summed E-state index contributed by atoms with van der Waals surface area (Å²) in [6, 6.07) is 0. The van der Waals surface area contributed by atoms with Crippen molar-refractivity contribution in [1.82, 2.24) is 10.6 Å². The Hall–Kier alpha value is -0.310. The van der Waals surface area contributed by atoms with Crippen molar-refractivity contribution in [2.45, 2.75) is 39.2 Å². The molecule has 0 amide bonds. The van der Waals surface area contributed by atoms with Crippen molar-refractivity contribution in [3.05, 3.63) is 0 Å². The molecule has 0 atom stereocenters. The van der Waals surface area contributed by atoms with Gasteiger partial charge in [-0.15, -0.1) is 0 Å². The van der Waals surface area contributed by atoms with Crippen molar-refractivity contribution in [3.63, 3.8) is 0 Å². The third-order valence-electron chi connectivity index (χ3n) is 1.55. The van der Waals surface area contributed by atoms with Crippen LogP contribution < -0.4 is 10.6 Å². The summed E-state index contributed by atoms with van der Waals surface area (Å²) in [4.78, 5) is 0. The van der Waals surface area contributed by atoms with Crippen LogP contribution in [0.2, 0.25) is 0 Å². The molecule has 0 saturated carbocycles. The van der Waals surface area contributed by atoms with Crippen LogP contribution >= 0.6 is 12.2 Å². The zero-order valence-electron chi connectivity index (χ0n) is 7.82. The van der Waals surface area contributed by atoms with Crippen LogP contribution in [-0.4, -0.2) is 17.7 Å². The Kier molecular flexibility index (Phi) is 4.42. The van der Waals surface area contributed by atoms with Gasteiger partial charge in [0.25, 0.3) is 0 Å². The standard InChI is InChI=1S/C8H18N2S/c1-5-6-8(2,3)10-7(11)9-4/h5-6H2,1-4H3,(H2,9,10,11). The predicted octanol–water partition coefficient (Wildman–Crippen LogP) is 1.66. The number of nitrogens with one attached hydrogen (secondary N) is 2. The first-order chi connectivity index (χ1) is 5.02. The second-order valence-corrected chi connectivity index (χ2v) is 3.75. The maximum atomic E-state index is 5.00. The van der Waals surface area contributed by atoms with Gasteiger partial charge in [-0.25, -0.2) is 0 Å². The van der Waals surface area contributed by atoms with Crippen molar-refractivity contribution in [3.8, 4) is 0 Å². The topological polar surface area (TPSA) is 24.1 Å². The SMILES string of the molecule is CCCC(C)(C)NC(=S)NC. The summed E-state index contributed by atoms with van der Waals surface area (Å²) in [6.45, 7) is 6.48. The molecule has 3 heteroatoms. The molecule has 2 nitrogen and oxygen atoms in total. The van der Waals surface area contributed by atoms with Gasteiger partial charge in [0.1, 0.15) is 0 Å². The van der Waals surface area contributed by atoms with Crippen LogP contribution in [0.3, 0.4) is 0 Å². The quantitative estimate of drug-likeness (QED) is 0.636. The van der Waals surface area contributed by atoms with E-state index in [1.165, 1.54) is 6.42 Å². The lowest BCUT2D eigenvalue weighted by Gasteiger charge is -2.26. The van der Waals surface area contributed by atoms with Gasteiger partial charge >= 0.3 is 0 Å². The number of thiocarbonyl (C=S) groups is 1. The fourth-order valence-corrected chi connectivity index (χ4v) is 1.33. The van der Waals surface area contributed by atoms with Gasteiger partial charge in [0.15, 0.2) is 5.11 Å². The van der Waals surface area contributed by atoms with Gasteiger partial charge in [0.05, 0.1) is 0 Å². The third kappa shape index (κ3) is 5.01. The van der Waals surface area contributed by atoms with E-state index in [1.54, 1.807) is 0 Å². The second kappa shape index (κ2) is 4.54. The van der Waals surface area contributed by atoms with Crippen LogP contribution in [-0.2, 0) is 0 Å². The molecule has 66 valence electrons. The molecule has 0 rings (SSSR count). The van der Waals surface area contributed by atoms with Gasteiger partial charge in [-0.2, -0.15) is 0 Å². The molecule has 0 radical (unpaired) electrons. The van der Waals surface area contributed by atoms with Crippen molar-refractivity contribution in [2.24, 2.45) is 0 Å². The Bertz CT molecular complexity index is 132. The highest BCUT2D eigenvalue weighted by atomic mass is 32.1. The molecule has 0 aromatic heterocycles. The molecule has 0 unspecified atom stereocenters. The first kappa shape index (κ1) is 10.7. The Labute approximate surface area is 74.8 Å². The lowest BCUT2D eigenvalue weighted by atomic mass is 9.99. The number of hydrogen-bond donors (Lipinski definition) is 2. The molecule has 0 spiro atoms. The van der Waals surface area contributed by atoms with E-state index < -0.39 is 0 Å². The van der Waals surface area contributed by atoms with E-state index in [1.807, 2.05) is 7.05 Å². The summed E-state index contributed by atoms with van der Waals surface area (Å²) >= 11 is 5.00. The van der Waals surface area contributed by atoms with Crippen LogP contribution in [0.1, 0.15) is 33.6 Å². The molecule has 0 aromatic rings. The van der Waals surface area contributed by atoms with Crippen molar-refractivity contribution in [1.29, 1.82) is 0 Å². The molecule has 0 bridgehead atoms. The van der Waals surface area contributed by atoms with Crippen LogP contribution in [0, 0.1) is 0 Å². The molecule has 0 fully saturated rings. The van der Waals surface area contributed by atoms with Crippen molar-refractivity contribution >= 4 is 17.3 Å². The van der Waals surface area contributed by atoms with Crippen LogP contribution in [0.5, 0.6) is 0 Å². The Balaban J connectivity index is 3.80. The second-order valence-electron chi connectivity index (χ2n) is 3.34. The molecule has 0 aromatic carbocycles. The van der Waals surface area contributed by atoms with E-state index in [4.69, 9.17) is 12.2 Å². The Morgan fingerprint density at radius 3 is 2.36 bits per heavy atom. The van der Waals surface area contributed by atoms with Gasteiger partial charge in [-0.3, -0.25) is 0 Å². The zero-order chi connectivity index (χ0) is 8.91. The number of hydrogen-bond acceptors (Lipinski definition) is 1. The molecule has 2 N–H and O–H groups in total. The third-order valence-corrected chi connectivity index (χ3v) is 1.86. The van der Waals surface area contributed by atoms with Gasteiger partial charge < -0.3 is 10.6 Å². The minimum Gasteiger partial charge on any atom is -0.366 e. The molecular weight excluding hydrogens is 156 g/mol. The van der Waals surface area contributed by atoms with Crippen LogP contribution in [0.25, 0.3) is 0 Å². The lowest BCUT2D eigenvalue weighted by Crippen LogP contribution is -2.47. The fraction of sp³-hybridized carbons (Fsp3) is 0.875. The maximum absolute atomic E-state index is 5.00. The van der Waals surface area contributed by atoms with Gasteiger partial charge in [0, 0.05) is 12.6 Å². The minimum absolute atomic E-state index is 0.120. The Morgan fingerprint density at radius 2 is 2.00 bits per heavy atom. The van der Waals surface area contributed by atoms with E-state index in [9.17, 15) is 0 Å². The smallest absolute Gasteiger partial charge is 0.166 e. The molecule has 0 saturated heterocycles. The van der Waals surface area contributed by atoms with Gasteiger partial charge in [-0.05, 0) is 32.5 Å². The largest absolute Gasteiger partial charge is 0.366 e. The van der Waals surface area contributed by atoms with Gasteiger partial charge in [0.2, 0.25) is 0 Å². The summed E-state index contributed by atoms with van der Waals surface area (Å²) in [7, 11) is 1.83. The average molecular weight is 174 g/mol. The highest BCUT2D eigenvalue weighted by molar-refractivity contribution is 7.80. The van der Waals surface area contributed by atoms with E-state index in [0.717, 1.165) is 11.5 Å². The number of rotatable bonds is 3. The minimum atomic E-state index is 0.120. The zero-order valence-corrected chi connectivity index (χ0v) is 8.64. The summed E-state index contributed by atoms with van der Waals surface area (Å²) in [5.41, 5.74) is 0.120. The highest BCUT2D eigenvalue weighted by Gasteiger charge is 2.15. The average Bonchev–Trinajstić information content (AvgIpc) is 1.86. The molecule has 0 aliphatic heterocycles. The van der Waals surface area contributed by atoms with E-state index in [2.05, 4.69) is 31.4 Å². The summed E-state index contributed by atoms with van der Waals surface area (Å²) < 4.78 is 0. The van der Waals surface area contributed by atoms with E-state index in [-0.39, 0.29) is 5.54 Å². The molecule has 0 aliphatic carbocycles. The summed E-state index contributed by atoms with van der Waals surface area (Å²) in [5, 5.41) is 6.85.